The molecule has 2 heterocycles. The zero-order valence-electron chi connectivity index (χ0n) is 10.2. The molecule has 0 aliphatic rings. The van der Waals surface area contributed by atoms with Gasteiger partial charge in [-0.2, -0.15) is 5.10 Å². The van der Waals surface area contributed by atoms with Crippen LogP contribution in [0.25, 0.3) is 5.82 Å². The van der Waals surface area contributed by atoms with Crippen molar-refractivity contribution in [2.24, 2.45) is 0 Å². The van der Waals surface area contributed by atoms with E-state index in [1.165, 1.54) is 36.9 Å². The molecule has 0 aliphatic carbocycles. The Kier molecular flexibility index (Phi) is 2.99. The highest BCUT2D eigenvalue weighted by molar-refractivity contribution is 5.90. The number of carbonyl (C=O) groups is 1. The summed E-state index contributed by atoms with van der Waals surface area (Å²) in [6.45, 7) is 3.06. The number of hydrogen-bond acceptors (Lipinski definition) is 5. The fourth-order valence-electron chi connectivity index (χ4n) is 1.85. The van der Waals surface area contributed by atoms with Crippen LogP contribution in [0, 0.1) is 24.0 Å². The summed E-state index contributed by atoms with van der Waals surface area (Å²) in [5, 5.41) is 24.0. The summed E-state index contributed by atoms with van der Waals surface area (Å²) in [6.07, 6.45) is 1.39. The van der Waals surface area contributed by atoms with E-state index in [-0.39, 0.29) is 22.8 Å². The van der Waals surface area contributed by atoms with Crippen LogP contribution in [0.15, 0.2) is 18.3 Å². The summed E-state index contributed by atoms with van der Waals surface area (Å²) in [7, 11) is 0. The second-order valence-corrected chi connectivity index (χ2v) is 3.87. The first kappa shape index (κ1) is 12.7. The smallest absolute Gasteiger partial charge is 0.339 e. The highest BCUT2D eigenvalue weighted by Gasteiger charge is 2.23. The Bertz CT molecular complexity index is 677. The van der Waals surface area contributed by atoms with Gasteiger partial charge in [0.15, 0.2) is 0 Å². The van der Waals surface area contributed by atoms with Crippen LogP contribution < -0.4 is 0 Å². The molecule has 8 heteroatoms. The Labute approximate surface area is 107 Å². The molecule has 0 saturated carbocycles. The van der Waals surface area contributed by atoms with Gasteiger partial charge in [0.05, 0.1) is 16.3 Å². The number of carboxylic acid groups (broad SMARTS) is 1. The van der Waals surface area contributed by atoms with Crippen molar-refractivity contribution in [2.45, 2.75) is 13.8 Å². The van der Waals surface area contributed by atoms with E-state index < -0.39 is 10.9 Å². The third-order valence-electron chi connectivity index (χ3n) is 2.67. The van der Waals surface area contributed by atoms with Crippen molar-refractivity contribution >= 4 is 11.7 Å². The van der Waals surface area contributed by atoms with E-state index in [1.54, 1.807) is 0 Å². The molecular formula is C11H10N4O4. The number of pyridine rings is 1. The van der Waals surface area contributed by atoms with Crippen molar-refractivity contribution in [2.75, 3.05) is 0 Å². The van der Waals surface area contributed by atoms with Crippen LogP contribution in [0.2, 0.25) is 0 Å². The first-order valence-corrected chi connectivity index (χ1v) is 5.32. The molecule has 0 fully saturated rings. The first-order valence-electron chi connectivity index (χ1n) is 5.32. The monoisotopic (exact) mass is 262 g/mol. The molecule has 0 amide bonds. The molecule has 19 heavy (non-hydrogen) atoms. The summed E-state index contributed by atoms with van der Waals surface area (Å²) < 4.78 is 1.18. The number of nitro groups is 1. The number of carboxylic acids is 1. The number of nitrogens with zero attached hydrogens (tertiary/aromatic N) is 4. The van der Waals surface area contributed by atoms with Gasteiger partial charge in [-0.3, -0.25) is 10.1 Å². The summed E-state index contributed by atoms with van der Waals surface area (Å²) in [6, 6.07) is 2.73. The van der Waals surface area contributed by atoms with Crippen LogP contribution in [0.3, 0.4) is 0 Å². The van der Waals surface area contributed by atoms with E-state index in [0.29, 0.717) is 5.69 Å². The molecule has 0 bridgehead atoms. The summed E-state index contributed by atoms with van der Waals surface area (Å²) in [4.78, 5) is 25.4. The minimum atomic E-state index is -1.13. The van der Waals surface area contributed by atoms with Gasteiger partial charge in [-0.1, -0.05) is 0 Å². The van der Waals surface area contributed by atoms with E-state index >= 15 is 0 Å². The minimum absolute atomic E-state index is 0.000556. The largest absolute Gasteiger partial charge is 0.478 e. The summed E-state index contributed by atoms with van der Waals surface area (Å²) >= 11 is 0. The van der Waals surface area contributed by atoms with Crippen LogP contribution in [0.1, 0.15) is 21.7 Å². The predicted octanol–water partition coefficient (Wildman–Crippen LogP) is 1.49. The van der Waals surface area contributed by atoms with Gasteiger partial charge in [-0.05, 0) is 19.9 Å². The highest BCUT2D eigenvalue weighted by atomic mass is 16.6. The van der Waals surface area contributed by atoms with Crippen molar-refractivity contribution in [1.29, 1.82) is 0 Å². The molecule has 0 aromatic carbocycles. The average Bonchev–Trinajstić information content (AvgIpc) is 2.64. The fourth-order valence-corrected chi connectivity index (χ4v) is 1.85. The Hall–Kier alpha value is -2.77. The highest BCUT2D eigenvalue weighted by Crippen LogP contribution is 2.23. The van der Waals surface area contributed by atoms with Crippen molar-refractivity contribution in [1.82, 2.24) is 14.8 Å². The van der Waals surface area contributed by atoms with Gasteiger partial charge in [0.2, 0.25) is 5.82 Å². The maximum atomic E-state index is 11.1. The second kappa shape index (κ2) is 4.48. The summed E-state index contributed by atoms with van der Waals surface area (Å²) in [5.74, 6) is -1.12. The maximum absolute atomic E-state index is 11.1. The van der Waals surface area contributed by atoms with Gasteiger partial charge in [-0.25, -0.2) is 14.5 Å². The minimum Gasteiger partial charge on any atom is -0.478 e. The Morgan fingerprint density at radius 3 is 2.68 bits per heavy atom. The lowest BCUT2D eigenvalue weighted by molar-refractivity contribution is -0.384. The van der Waals surface area contributed by atoms with E-state index in [1.807, 2.05) is 0 Å². The molecular weight excluding hydrogens is 252 g/mol. The van der Waals surface area contributed by atoms with Gasteiger partial charge in [0.25, 0.3) is 0 Å². The lowest BCUT2D eigenvalue weighted by Gasteiger charge is -2.03. The van der Waals surface area contributed by atoms with E-state index in [0.717, 1.165) is 0 Å². The maximum Gasteiger partial charge on any atom is 0.339 e. The third kappa shape index (κ3) is 2.03. The van der Waals surface area contributed by atoms with Gasteiger partial charge in [0.1, 0.15) is 5.56 Å². The topological polar surface area (TPSA) is 111 Å². The molecule has 2 aromatic rings. The Morgan fingerprint density at radius 2 is 2.16 bits per heavy atom. The molecule has 98 valence electrons. The molecule has 0 atom stereocenters. The third-order valence-corrected chi connectivity index (χ3v) is 2.67. The molecule has 2 rings (SSSR count). The fraction of sp³-hybridized carbons (Fsp3) is 0.182. The SMILES string of the molecule is Cc1nn(-c2ncccc2[N+](=O)[O-])c(C)c1C(=O)O. The van der Waals surface area contributed by atoms with Crippen molar-refractivity contribution < 1.29 is 14.8 Å². The molecule has 0 aliphatic heterocycles. The van der Waals surface area contributed by atoms with Gasteiger partial charge >= 0.3 is 11.7 Å². The van der Waals surface area contributed by atoms with Gasteiger partial charge in [-0.15, -0.1) is 0 Å². The van der Waals surface area contributed by atoms with Crippen molar-refractivity contribution in [3.8, 4) is 5.82 Å². The van der Waals surface area contributed by atoms with Crippen LogP contribution in [0.4, 0.5) is 5.69 Å². The van der Waals surface area contributed by atoms with Crippen molar-refractivity contribution in [3.05, 3.63) is 45.4 Å². The lowest BCUT2D eigenvalue weighted by Crippen LogP contribution is -2.07. The molecule has 0 spiro atoms. The van der Waals surface area contributed by atoms with E-state index in [9.17, 15) is 14.9 Å². The van der Waals surface area contributed by atoms with Crippen LogP contribution in [-0.2, 0) is 0 Å². The Morgan fingerprint density at radius 1 is 1.47 bits per heavy atom. The summed E-state index contributed by atoms with van der Waals surface area (Å²) in [5.41, 5.74) is 0.377. The molecule has 0 saturated heterocycles. The standard InChI is InChI=1S/C11H10N4O4/c1-6-9(11(16)17)7(2)14(13-6)10-8(15(18)19)4-3-5-12-10/h3-5H,1-2H3,(H,16,17). The van der Waals surface area contributed by atoms with Crippen LogP contribution >= 0.6 is 0 Å². The molecule has 1 N–H and O–H groups in total. The Balaban J connectivity index is 2.70. The average molecular weight is 262 g/mol. The zero-order chi connectivity index (χ0) is 14.2. The predicted molar refractivity (Wildman–Crippen MR) is 64.4 cm³/mol. The molecule has 8 nitrogen and oxygen atoms in total. The zero-order valence-corrected chi connectivity index (χ0v) is 10.2. The number of hydrogen-bond donors (Lipinski definition) is 1. The van der Waals surface area contributed by atoms with Crippen LogP contribution in [0.5, 0.6) is 0 Å². The number of aromatic carboxylic acids is 1. The number of aryl methyl sites for hydroxylation is 1. The van der Waals surface area contributed by atoms with E-state index in [2.05, 4.69) is 10.1 Å². The normalized spacial score (nSPS) is 10.4. The molecule has 2 aromatic heterocycles. The molecule has 0 radical (unpaired) electrons. The van der Waals surface area contributed by atoms with Crippen molar-refractivity contribution in [3.63, 3.8) is 0 Å². The first-order chi connectivity index (χ1) is 8.93. The second-order valence-electron chi connectivity index (χ2n) is 3.87. The number of aromatic nitrogens is 3. The van der Waals surface area contributed by atoms with Gasteiger partial charge < -0.3 is 5.11 Å². The lowest BCUT2D eigenvalue weighted by atomic mass is 10.2. The molecule has 0 unspecified atom stereocenters. The van der Waals surface area contributed by atoms with E-state index in [4.69, 9.17) is 5.11 Å². The van der Waals surface area contributed by atoms with Crippen LogP contribution in [-0.4, -0.2) is 30.8 Å². The quantitative estimate of drug-likeness (QED) is 0.662. The van der Waals surface area contributed by atoms with Gasteiger partial charge in [0, 0.05) is 12.3 Å². The number of rotatable bonds is 3.